The Morgan fingerprint density at radius 1 is 1.12 bits per heavy atom. The standard InChI is InChI=1S/C13H9BrN2O/c14-10-3-1-2-4-11(10)16-12-6-5-9(8-15)7-13(12)17/h1-7,16-17H. The van der Waals surface area contributed by atoms with Gasteiger partial charge in [-0.05, 0) is 46.3 Å². The molecule has 0 saturated heterocycles. The van der Waals surface area contributed by atoms with Gasteiger partial charge in [0.2, 0.25) is 0 Å². The molecule has 0 aliphatic heterocycles. The van der Waals surface area contributed by atoms with Gasteiger partial charge in [0.25, 0.3) is 0 Å². The molecule has 4 heteroatoms. The zero-order chi connectivity index (χ0) is 12.3. The Balaban J connectivity index is 2.32. The molecule has 2 aromatic carbocycles. The molecule has 0 saturated carbocycles. The maximum absolute atomic E-state index is 9.75. The topological polar surface area (TPSA) is 56.0 Å². The number of halogens is 1. The van der Waals surface area contributed by atoms with Crippen molar-refractivity contribution < 1.29 is 5.11 Å². The number of nitriles is 1. The Bertz CT molecular complexity index is 590. The molecule has 0 aromatic heterocycles. The highest BCUT2D eigenvalue weighted by molar-refractivity contribution is 9.10. The van der Waals surface area contributed by atoms with E-state index >= 15 is 0 Å². The summed E-state index contributed by atoms with van der Waals surface area (Å²) in [5, 5.41) is 21.5. The van der Waals surface area contributed by atoms with Gasteiger partial charge < -0.3 is 10.4 Å². The maximum Gasteiger partial charge on any atom is 0.140 e. The second kappa shape index (κ2) is 4.89. The summed E-state index contributed by atoms with van der Waals surface area (Å²) in [5.41, 5.74) is 1.85. The van der Waals surface area contributed by atoms with Crippen LogP contribution in [0.25, 0.3) is 0 Å². The monoisotopic (exact) mass is 288 g/mol. The van der Waals surface area contributed by atoms with E-state index < -0.39 is 0 Å². The van der Waals surface area contributed by atoms with Crippen LogP contribution in [0.15, 0.2) is 46.9 Å². The number of anilines is 2. The van der Waals surface area contributed by atoms with E-state index in [0.717, 1.165) is 10.2 Å². The molecule has 0 fully saturated rings. The van der Waals surface area contributed by atoms with E-state index in [1.165, 1.54) is 6.07 Å². The van der Waals surface area contributed by atoms with E-state index in [4.69, 9.17) is 5.26 Å². The summed E-state index contributed by atoms with van der Waals surface area (Å²) in [5.74, 6) is 0.0554. The van der Waals surface area contributed by atoms with E-state index in [0.29, 0.717) is 11.3 Å². The third kappa shape index (κ3) is 2.58. The summed E-state index contributed by atoms with van der Waals surface area (Å²) in [6.45, 7) is 0. The Labute approximate surface area is 107 Å². The molecule has 2 rings (SSSR count). The number of rotatable bonds is 2. The van der Waals surface area contributed by atoms with Gasteiger partial charge >= 0.3 is 0 Å². The molecule has 2 N–H and O–H groups in total. The first-order chi connectivity index (χ1) is 8.20. The van der Waals surface area contributed by atoms with E-state index in [1.807, 2.05) is 30.3 Å². The summed E-state index contributed by atoms with van der Waals surface area (Å²) in [6, 6.07) is 14.3. The highest BCUT2D eigenvalue weighted by Crippen LogP contribution is 2.30. The van der Waals surface area contributed by atoms with Crippen molar-refractivity contribution in [2.45, 2.75) is 0 Å². The third-order valence-electron chi connectivity index (χ3n) is 2.27. The van der Waals surface area contributed by atoms with Crippen molar-refractivity contribution in [1.82, 2.24) is 0 Å². The molecule has 0 bridgehead atoms. The number of para-hydroxylation sites is 1. The normalized spacial score (nSPS) is 9.65. The Morgan fingerprint density at radius 3 is 2.53 bits per heavy atom. The fourth-order valence-electron chi connectivity index (χ4n) is 1.41. The minimum atomic E-state index is 0.0554. The zero-order valence-electron chi connectivity index (χ0n) is 8.81. The van der Waals surface area contributed by atoms with Gasteiger partial charge in [0.1, 0.15) is 5.75 Å². The molecule has 3 nitrogen and oxygen atoms in total. The molecule has 0 amide bonds. The Hall–Kier alpha value is -1.99. The van der Waals surface area contributed by atoms with Crippen LogP contribution in [0.2, 0.25) is 0 Å². The number of nitrogens with zero attached hydrogens (tertiary/aromatic N) is 1. The van der Waals surface area contributed by atoms with Gasteiger partial charge in [-0.15, -0.1) is 0 Å². The highest BCUT2D eigenvalue weighted by Gasteiger charge is 2.04. The third-order valence-corrected chi connectivity index (χ3v) is 2.96. The summed E-state index contributed by atoms with van der Waals surface area (Å²) in [7, 11) is 0. The van der Waals surface area contributed by atoms with Crippen molar-refractivity contribution in [2.24, 2.45) is 0 Å². The number of benzene rings is 2. The number of phenolic OH excluding ortho intramolecular Hbond substituents is 1. The molecule has 2 aromatic rings. The first kappa shape index (κ1) is 11.5. The first-order valence-electron chi connectivity index (χ1n) is 4.95. The van der Waals surface area contributed by atoms with Gasteiger partial charge in [0.15, 0.2) is 0 Å². The Kier molecular flexibility index (Phi) is 3.31. The number of nitrogens with one attached hydrogen (secondary N) is 1. The molecule has 17 heavy (non-hydrogen) atoms. The first-order valence-corrected chi connectivity index (χ1v) is 5.74. The van der Waals surface area contributed by atoms with Crippen LogP contribution in [0.5, 0.6) is 5.75 Å². The molecule has 0 radical (unpaired) electrons. The summed E-state index contributed by atoms with van der Waals surface area (Å²) < 4.78 is 0.906. The minimum Gasteiger partial charge on any atom is -0.506 e. The van der Waals surface area contributed by atoms with Crippen molar-refractivity contribution >= 4 is 27.3 Å². The van der Waals surface area contributed by atoms with Crippen molar-refractivity contribution in [3.8, 4) is 11.8 Å². The molecule has 0 heterocycles. The second-order valence-electron chi connectivity index (χ2n) is 3.45. The van der Waals surface area contributed by atoms with Crippen LogP contribution in [0.4, 0.5) is 11.4 Å². The van der Waals surface area contributed by atoms with Crippen LogP contribution in [0.3, 0.4) is 0 Å². The van der Waals surface area contributed by atoms with Crippen LogP contribution in [-0.4, -0.2) is 5.11 Å². The fourth-order valence-corrected chi connectivity index (χ4v) is 1.80. The predicted octanol–water partition coefficient (Wildman–Crippen LogP) is 3.77. The summed E-state index contributed by atoms with van der Waals surface area (Å²) in [4.78, 5) is 0. The van der Waals surface area contributed by atoms with Crippen molar-refractivity contribution in [3.05, 3.63) is 52.5 Å². The molecule has 0 spiro atoms. The molecule has 0 aliphatic rings. The average molecular weight is 289 g/mol. The molecule has 0 aliphatic carbocycles. The summed E-state index contributed by atoms with van der Waals surface area (Å²) >= 11 is 3.41. The van der Waals surface area contributed by atoms with Gasteiger partial charge in [-0.1, -0.05) is 12.1 Å². The van der Waals surface area contributed by atoms with Gasteiger partial charge in [-0.25, -0.2) is 0 Å². The number of hydrogen-bond donors (Lipinski definition) is 2. The Morgan fingerprint density at radius 2 is 1.88 bits per heavy atom. The van der Waals surface area contributed by atoms with Gasteiger partial charge in [-0.2, -0.15) is 5.26 Å². The highest BCUT2D eigenvalue weighted by atomic mass is 79.9. The number of aromatic hydroxyl groups is 1. The molecular formula is C13H9BrN2O. The quantitative estimate of drug-likeness (QED) is 0.827. The fraction of sp³-hybridized carbons (Fsp3) is 0. The summed E-state index contributed by atoms with van der Waals surface area (Å²) in [6.07, 6.45) is 0. The molecular weight excluding hydrogens is 280 g/mol. The number of hydrogen-bond acceptors (Lipinski definition) is 3. The lowest BCUT2D eigenvalue weighted by Gasteiger charge is -2.10. The zero-order valence-corrected chi connectivity index (χ0v) is 10.4. The van der Waals surface area contributed by atoms with Crippen LogP contribution >= 0.6 is 15.9 Å². The van der Waals surface area contributed by atoms with E-state index in [9.17, 15) is 5.11 Å². The predicted molar refractivity (Wildman–Crippen MR) is 70.2 cm³/mol. The van der Waals surface area contributed by atoms with Crippen LogP contribution in [0.1, 0.15) is 5.56 Å². The lowest BCUT2D eigenvalue weighted by Crippen LogP contribution is -1.92. The minimum absolute atomic E-state index is 0.0554. The van der Waals surface area contributed by atoms with Gasteiger partial charge in [0, 0.05) is 4.47 Å². The second-order valence-corrected chi connectivity index (χ2v) is 4.30. The molecule has 0 unspecified atom stereocenters. The van der Waals surface area contributed by atoms with Crippen LogP contribution in [-0.2, 0) is 0 Å². The van der Waals surface area contributed by atoms with Gasteiger partial charge in [0.05, 0.1) is 23.0 Å². The van der Waals surface area contributed by atoms with Crippen LogP contribution in [0, 0.1) is 11.3 Å². The largest absolute Gasteiger partial charge is 0.506 e. The molecule has 84 valence electrons. The van der Waals surface area contributed by atoms with Crippen LogP contribution < -0.4 is 5.32 Å². The smallest absolute Gasteiger partial charge is 0.140 e. The maximum atomic E-state index is 9.75. The SMILES string of the molecule is N#Cc1ccc(Nc2ccccc2Br)c(O)c1. The van der Waals surface area contributed by atoms with E-state index in [1.54, 1.807) is 12.1 Å². The van der Waals surface area contributed by atoms with E-state index in [-0.39, 0.29) is 5.75 Å². The average Bonchev–Trinajstić information content (AvgIpc) is 2.34. The molecule has 0 atom stereocenters. The lowest BCUT2D eigenvalue weighted by atomic mass is 10.2. The van der Waals surface area contributed by atoms with Gasteiger partial charge in [-0.3, -0.25) is 0 Å². The van der Waals surface area contributed by atoms with Crippen molar-refractivity contribution in [1.29, 1.82) is 5.26 Å². The van der Waals surface area contributed by atoms with E-state index in [2.05, 4.69) is 21.2 Å². The number of phenols is 1. The van der Waals surface area contributed by atoms with Crippen molar-refractivity contribution in [2.75, 3.05) is 5.32 Å². The lowest BCUT2D eigenvalue weighted by molar-refractivity contribution is 0.477. The van der Waals surface area contributed by atoms with Crippen molar-refractivity contribution in [3.63, 3.8) is 0 Å².